The molecule has 0 aliphatic heterocycles. The van der Waals surface area contributed by atoms with Gasteiger partial charge in [-0.15, -0.1) is 0 Å². The predicted molar refractivity (Wildman–Crippen MR) is 76.9 cm³/mol. The Kier molecular flexibility index (Phi) is 6.43. The molecule has 0 aliphatic rings. The zero-order chi connectivity index (χ0) is 12.1. The van der Waals surface area contributed by atoms with Crippen LogP contribution in [-0.4, -0.2) is 37.0 Å². The van der Waals surface area contributed by atoms with Crippen LogP contribution in [0.3, 0.4) is 0 Å². The fourth-order valence-electron chi connectivity index (χ4n) is 1.43. The molecule has 0 fully saturated rings. The smallest absolute Gasteiger partial charge is 0.183 e. The first-order chi connectivity index (χ1) is 7.60. The van der Waals surface area contributed by atoms with E-state index in [0.717, 1.165) is 27.2 Å². The van der Waals surface area contributed by atoms with Gasteiger partial charge in [-0.2, -0.15) is 11.8 Å². The van der Waals surface area contributed by atoms with Gasteiger partial charge in [-0.3, -0.25) is 4.90 Å². The van der Waals surface area contributed by atoms with Gasteiger partial charge >= 0.3 is 0 Å². The highest BCUT2D eigenvalue weighted by Crippen LogP contribution is 2.31. The second kappa shape index (κ2) is 7.06. The second-order valence-electron chi connectivity index (χ2n) is 3.50. The van der Waals surface area contributed by atoms with Gasteiger partial charge in [0.15, 0.2) is 4.67 Å². The van der Waals surface area contributed by atoms with Crippen LogP contribution >= 0.6 is 43.6 Å². The topological polar surface area (TPSA) is 42.4 Å². The molecule has 0 aromatic carbocycles. The molecule has 16 heavy (non-hydrogen) atoms. The minimum absolute atomic E-state index is 0.134. The number of nitrogens with two attached hydrogens (primary N) is 1. The first-order valence-electron chi connectivity index (χ1n) is 4.94. The molecular weight excluding hydrogens is 356 g/mol. The monoisotopic (exact) mass is 370 g/mol. The minimum Gasteiger partial charge on any atom is -0.451 e. The molecule has 0 amide bonds. The van der Waals surface area contributed by atoms with E-state index in [2.05, 4.69) is 50.1 Å². The largest absolute Gasteiger partial charge is 0.451 e. The molecule has 1 atom stereocenters. The number of hydrogen-bond donors (Lipinski definition) is 1. The van der Waals surface area contributed by atoms with Crippen LogP contribution in [-0.2, 0) is 0 Å². The van der Waals surface area contributed by atoms with Crippen molar-refractivity contribution in [1.29, 1.82) is 0 Å². The summed E-state index contributed by atoms with van der Waals surface area (Å²) in [6.45, 7) is 1.55. The maximum Gasteiger partial charge on any atom is 0.183 e. The van der Waals surface area contributed by atoms with Crippen LogP contribution < -0.4 is 5.73 Å². The van der Waals surface area contributed by atoms with E-state index in [1.807, 2.05) is 17.8 Å². The van der Waals surface area contributed by atoms with Crippen molar-refractivity contribution in [3.8, 4) is 0 Å². The molecule has 6 heteroatoms. The Hall–Kier alpha value is 0.510. The van der Waals surface area contributed by atoms with Crippen molar-refractivity contribution >= 4 is 43.6 Å². The van der Waals surface area contributed by atoms with Crippen LogP contribution in [0.15, 0.2) is 19.6 Å². The average molecular weight is 372 g/mol. The van der Waals surface area contributed by atoms with Gasteiger partial charge in [-0.1, -0.05) is 0 Å². The molecule has 2 N–H and O–H groups in total. The molecule has 92 valence electrons. The fraction of sp³-hybridized carbons (Fsp3) is 0.600. The third-order valence-corrected chi connectivity index (χ3v) is 4.70. The van der Waals surface area contributed by atoms with E-state index in [0.29, 0.717) is 6.54 Å². The highest BCUT2D eigenvalue weighted by Gasteiger charge is 2.20. The Morgan fingerprint density at radius 1 is 1.56 bits per heavy atom. The van der Waals surface area contributed by atoms with Crippen molar-refractivity contribution in [2.24, 2.45) is 5.73 Å². The summed E-state index contributed by atoms with van der Waals surface area (Å²) in [5, 5.41) is 0. The molecule has 3 nitrogen and oxygen atoms in total. The molecule has 0 spiro atoms. The van der Waals surface area contributed by atoms with E-state index >= 15 is 0 Å². The van der Waals surface area contributed by atoms with Crippen LogP contribution in [0, 0.1) is 0 Å². The first-order valence-corrected chi connectivity index (χ1v) is 7.92. The zero-order valence-corrected chi connectivity index (χ0v) is 13.4. The number of hydrogen-bond acceptors (Lipinski definition) is 4. The predicted octanol–water partition coefficient (Wildman–Crippen LogP) is 3.10. The molecule has 0 radical (unpaired) electrons. The first kappa shape index (κ1) is 14.6. The Bertz CT molecular complexity index is 313. The van der Waals surface area contributed by atoms with Gasteiger partial charge in [0.2, 0.25) is 0 Å². The van der Waals surface area contributed by atoms with Crippen molar-refractivity contribution in [2.45, 2.75) is 6.04 Å². The number of rotatable bonds is 6. The Labute approximate surface area is 117 Å². The average Bonchev–Trinajstić information content (AvgIpc) is 2.57. The molecule has 1 heterocycles. The highest BCUT2D eigenvalue weighted by atomic mass is 79.9. The van der Waals surface area contributed by atoms with Crippen molar-refractivity contribution in [3.05, 3.63) is 21.0 Å². The van der Waals surface area contributed by atoms with Gasteiger partial charge in [0.05, 0.1) is 10.5 Å². The van der Waals surface area contributed by atoms with Crippen LogP contribution in [0.2, 0.25) is 0 Å². The Morgan fingerprint density at radius 2 is 2.25 bits per heavy atom. The Balaban J connectivity index is 2.73. The van der Waals surface area contributed by atoms with E-state index in [1.54, 1.807) is 0 Å². The number of halogens is 2. The van der Waals surface area contributed by atoms with Crippen LogP contribution in [0.1, 0.15) is 11.8 Å². The van der Waals surface area contributed by atoms with E-state index in [4.69, 9.17) is 10.2 Å². The van der Waals surface area contributed by atoms with Gasteiger partial charge in [0.1, 0.15) is 5.76 Å². The third kappa shape index (κ3) is 3.77. The van der Waals surface area contributed by atoms with Crippen LogP contribution in [0.25, 0.3) is 0 Å². The maximum atomic E-state index is 5.80. The lowest BCUT2D eigenvalue weighted by Crippen LogP contribution is -2.31. The summed E-state index contributed by atoms with van der Waals surface area (Å²) in [5.74, 6) is 1.99. The zero-order valence-electron chi connectivity index (χ0n) is 9.37. The normalized spacial score (nSPS) is 13.4. The van der Waals surface area contributed by atoms with Crippen molar-refractivity contribution in [2.75, 3.05) is 32.1 Å². The summed E-state index contributed by atoms with van der Waals surface area (Å²) in [7, 11) is 2.07. The number of nitrogens with zero attached hydrogens (tertiary/aromatic N) is 1. The molecule has 1 rings (SSSR count). The van der Waals surface area contributed by atoms with E-state index in [-0.39, 0.29) is 6.04 Å². The summed E-state index contributed by atoms with van der Waals surface area (Å²) >= 11 is 8.58. The van der Waals surface area contributed by atoms with Crippen molar-refractivity contribution in [3.63, 3.8) is 0 Å². The lowest BCUT2D eigenvalue weighted by molar-refractivity contribution is 0.230. The maximum absolute atomic E-state index is 5.80. The minimum atomic E-state index is 0.134. The van der Waals surface area contributed by atoms with Crippen LogP contribution in [0.4, 0.5) is 0 Å². The standard InChI is InChI=1S/C10H16Br2N2OS/c1-14(3-4-16-2)8(6-13)9-5-7(11)10(12)15-9/h5,8H,3-4,6,13H2,1-2H3. The lowest BCUT2D eigenvalue weighted by atomic mass is 10.2. The number of thioether (sulfide) groups is 1. The molecular formula is C10H16Br2N2OS. The fourth-order valence-corrected chi connectivity index (χ4v) is 2.51. The summed E-state index contributed by atoms with van der Waals surface area (Å²) in [4.78, 5) is 2.22. The van der Waals surface area contributed by atoms with E-state index in [9.17, 15) is 0 Å². The third-order valence-electron chi connectivity index (χ3n) is 2.40. The molecule has 1 aromatic heterocycles. The van der Waals surface area contributed by atoms with Crippen molar-refractivity contribution in [1.82, 2.24) is 4.90 Å². The van der Waals surface area contributed by atoms with Gasteiger partial charge in [-0.25, -0.2) is 0 Å². The van der Waals surface area contributed by atoms with Crippen molar-refractivity contribution < 1.29 is 4.42 Å². The quantitative estimate of drug-likeness (QED) is 0.834. The second-order valence-corrected chi connectivity index (χ2v) is 6.06. The molecule has 0 saturated heterocycles. The lowest BCUT2D eigenvalue weighted by Gasteiger charge is -2.24. The summed E-state index contributed by atoms with van der Waals surface area (Å²) in [6.07, 6.45) is 2.10. The highest BCUT2D eigenvalue weighted by molar-refractivity contribution is 9.13. The Morgan fingerprint density at radius 3 is 2.69 bits per heavy atom. The van der Waals surface area contributed by atoms with Gasteiger partial charge in [0.25, 0.3) is 0 Å². The number of likely N-dealkylation sites (N-methyl/N-ethyl adjacent to an activating group) is 1. The molecule has 0 saturated carbocycles. The summed E-state index contributed by atoms with van der Waals surface area (Å²) < 4.78 is 7.26. The van der Waals surface area contributed by atoms with Gasteiger partial charge in [-0.05, 0) is 51.2 Å². The summed E-state index contributed by atoms with van der Waals surface area (Å²) in [5.41, 5.74) is 5.80. The van der Waals surface area contributed by atoms with Gasteiger partial charge < -0.3 is 10.2 Å². The van der Waals surface area contributed by atoms with E-state index < -0.39 is 0 Å². The molecule has 1 unspecified atom stereocenters. The SMILES string of the molecule is CSCCN(C)C(CN)c1cc(Br)c(Br)o1. The molecule has 1 aromatic rings. The summed E-state index contributed by atoms with van der Waals surface area (Å²) in [6, 6.07) is 2.10. The molecule has 0 bridgehead atoms. The number of furan rings is 1. The van der Waals surface area contributed by atoms with Crippen LogP contribution in [0.5, 0.6) is 0 Å². The van der Waals surface area contributed by atoms with E-state index in [1.165, 1.54) is 0 Å². The molecule has 0 aliphatic carbocycles. The van der Waals surface area contributed by atoms with Gasteiger partial charge in [0, 0.05) is 18.8 Å².